The number of nitrogens with zero attached hydrogens (tertiary/aromatic N) is 3. The van der Waals surface area contributed by atoms with Gasteiger partial charge in [-0.05, 0) is 37.6 Å². The molecule has 3 aromatic heterocycles. The van der Waals surface area contributed by atoms with Crippen LogP contribution in [0, 0.1) is 0 Å². The first-order chi connectivity index (χ1) is 16.8. The number of hydrogen-bond acceptors (Lipinski definition) is 5. The highest BCUT2D eigenvalue weighted by Crippen LogP contribution is 2.32. The summed E-state index contributed by atoms with van der Waals surface area (Å²) in [6, 6.07) is 9.39. The van der Waals surface area contributed by atoms with Gasteiger partial charge < -0.3 is 20.1 Å². The molecular formula is C25H28N6O3S. The standard InChI is InChI=1S/C25H28N6O3S/c1-5-31(15(2)32)17-6-7-18-19(8-11-23(33)30(3)4)24(28-20(18)12-17)29-25(34)22-10-9-21(35-22)16-13-26-27-14-16/h6-7,9-10,12-14,28H,5,8,11H2,1-4H3,(H,26,27)(H,29,34). The highest BCUT2D eigenvalue weighted by Gasteiger charge is 2.19. The minimum atomic E-state index is -0.240. The van der Waals surface area contributed by atoms with E-state index in [2.05, 4.69) is 20.5 Å². The number of amides is 3. The number of aryl methyl sites for hydroxylation is 1. The van der Waals surface area contributed by atoms with Crippen molar-refractivity contribution in [3.8, 4) is 10.4 Å². The molecule has 3 amide bonds. The van der Waals surface area contributed by atoms with Crippen molar-refractivity contribution in [2.24, 2.45) is 0 Å². The van der Waals surface area contributed by atoms with Gasteiger partial charge in [-0.1, -0.05) is 6.07 Å². The SMILES string of the molecule is CCN(C(C)=O)c1ccc2c(CCC(=O)N(C)C)c(NC(=O)c3ccc(-c4cn[nH]c4)s3)[nH]c2c1. The molecule has 0 unspecified atom stereocenters. The highest BCUT2D eigenvalue weighted by molar-refractivity contribution is 7.17. The largest absolute Gasteiger partial charge is 0.349 e. The molecule has 0 saturated carbocycles. The molecule has 3 heterocycles. The Morgan fingerprint density at radius 3 is 2.60 bits per heavy atom. The van der Waals surface area contributed by atoms with Gasteiger partial charge in [0, 0.05) is 72.8 Å². The van der Waals surface area contributed by atoms with Gasteiger partial charge >= 0.3 is 0 Å². The quantitative estimate of drug-likeness (QED) is 0.341. The van der Waals surface area contributed by atoms with Crippen molar-refractivity contribution in [3.05, 3.63) is 53.2 Å². The summed E-state index contributed by atoms with van der Waals surface area (Å²) in [4.78, 5) is 45.5. The topological polar surface area (TPSA) is 114 Å². The number of carbonyl (C=O) groups excluding carboxylic acids is 3. The first kappa shape index (κ1) is 24.2. The van der Waals surface area contributed by atoms with Crippen molar-refractivity contribution in [2.75, 3.05) is 30.9 Å². The van der Waals surface area contributed by atoms with E-state index in [0.717, 1.165) is 32.6 Å². The normalized spacial score (nSPS) is 11.0. The fourth-order valence-electron chi connectivity index (χ4n) is 4.00. The molecule has 0 atom stereocenters. The van der Waals surface area contributed by atoms with Gasteiger partial charge in [0.2, 0.25) is 11.8 Å². The van der Waals surface area contributed by atoms with Crippen LogP contribution in [0.1, 0.15) is 35.5 Å². The van der Waals surface area contributed by atoms with Crippen molar-refractivity contribution in [1.29, 1.82) is 0 Å². The molecule has 0 spiro atoms. The van der Waals surface area contributed by atoms with Crippen LogP contribution in [0.2, 0.25) is 0 Å². The van der Waals surface area contributed by atoms with Crippen LogP contribution in [0.4, 0.5) is 11.5 Å². The van der Waals surface area contributed by atoms with Gasteiger partial charge in [-0.3, -0.25) is 19.5 Å². The Labute approximate surface area is 207 Å². The number of nitrogens with one attached hydrogen (secondary N) is 3. The molecule has 182 valence electrons. The van der Waals surface area contributed by atoms with Crippen molar-refractivity contribution in [2.45, 2.75) is 26.7 Å². The van der Waals surface area contributed by atoms with Crippen molar-refractivity contribution >= 4 is 51.5 Å². The zero-order chi connectivity index (χ0) is 25.1. The Morgan fingerprint density at radius 1 is 1.14 bits per heavy atom. The third kappa shape index (κ3) is 5.12. The van der Waals surface area contributed by atoms with Crippen LogP contribution in [-0.4, -0.2) is 58.4 Å². The molecule has 9 nitrogen and oxygen atoms in total. The lowest BCUT2D eigenvalue weighted by atomic mass is 10.1. The Balaban J connectivity index is 1.67. The molecule has 0 aliphatic heterocycles. The first-order valence-electron chi connectivity index (χ1n) is 11.3. The maximum absolute atomic E-state index is 13.1. The van der Waals surface area contributed by atoms with Gasteiger partial charge in [-0.15, -0.1) is 11.3 Å². The van der Waals surface area contributed by atoms with E-state index in [0.29, 0.717) is 30.1 Å². The van der Waals surface area contributed by atoms with Crippen molar-refractivity contribution in [1.82, 2.24) is 20.1 Å². The zero-order valence-electron chi connectivity index (χ0n) is 20.1. The molecule has 4 rings (SSSR count). The molecule has 0 aliphatic carbocycles. The lowest BCUT2D eigenvalue weighted by Crippen LogP contribution is -2.27. The van der Waals surface area contributed by atoms with Gasteiger partial charge in [-0.25, -0.2) is 0 Å². The van der Waals surface area contributed by atoms with Gasteiger partial charge in [0.05, 0.1) is 11.1 Å². The number of anilines is 2. The zero-order valence-corrected chi connectivity index (χ0v) is 21.0. The minimum absolute atomic E-state index is 0.00463. The molecule has 10 heteroatoms. The molecule has 0 radical (unpaired) electrons. The number of fused-ring (bicyclic) bond motifs is 1. The van der Waals surface area contributed by atoms with E-state index in [-0.39, 0.29) is 17.7 Å². The fraction of sp³-hybridized carbons (Fsp3) is 0.280. The average molecular weight is 493 g/mol. The minimum Gasteiger partial charge on any atom is -0.349 e. The van der Waals surface area contributed by atoms with Crippen LogP contribution in [0.15, 0.2) is 42.7 Å². The van der Waals surface area contributed by atoms with E-state index >= 15 is 0 Å². The van der Waals surface area contributed by atoms with E-state index in [1.807, 2.05) is 31.2 Å². The Hall–Kier alpha value is -3.92. The number of H-pyrrole nitrogens is 2. The van der Waals surface area contributed by atoms with Crippen LogP contribution in [0.3, 0.4) is 0 Å². The molecule has 35 heavy (non-hydrogen) atoms. The number of aromatic amines is 2. The molecule has 1 aromatic carbocycles. The summed E-state index contributed by atoms with van der Waals surface area (Å²) < 4.78 is 0. The summed E-state index contributed by atoms with van der Waals surface area (Å²) in [7, 11) is 3.45. The number of thiophene rings is 1. The summed E-state index contributed by atoms with van der Waals surface area (Å²) in [5.41, 5.74) is 3.33. The van der Waals surface area contributed by atoms with E-state index in [4.69, 9.17) is 0 Å². The van der Waals surface area contributed by atoms with Crippen LogP contribution in [-0.2, 0) is 16.0 Å². The smallest absolute Gasteiger partial charge is 0.266 e. The molecule has 0 saturated heterocycles. The second-order valence-corrected chi connectivity index (χ2v) is 9.45. The van der Waals surface area contributed by atoms with E-state index in [1.54, 1.807) is 42.4 Å². The second-order valence-electron chi connectivity index (χ2n) is 8.36. The van der Waals surface area contributed by atoms with Gasteiger partial charge in [0.1, 0.15) is 5.82 Å². The number of aromatic nitrogens is 3. The number of hydrogen-bond donors (Lipinski definition) is 3. The van der Waals surface area contributed by atoms with Gasteiger partial charge in [0.25, 0.3) is 5.91 Å². The van der Waals surface area contributed by atoms with E-state index in [9.17, 15) is 14.4 Å². The average Bonchev–Trinajstić information content (AvgIpc) is 3.57. The summed E-state index contributed by atoms with van der Waals surface area (Å²) in [6.45, 7) is 4.00. The van der Waals surface area contributed by atoms with Crippen LogP contribution in [0.5, 0.6) is 0 Å². The number of carbonyl (C=O) groups is 3. The second kappa shape index (κ2) is 10.1. The fourth-order valence-corrected chi connectivity index (χ4v) is 4.88. The van der Waals surface area contributed by atoms with Crippen LogP contribution < -0.4 is 10.2 Å². The summed E-state index contributed by atoms with van der Waals surface area (Å²) in [5.74, 6) is 0.272. The third-order valence-corrected chi connectivity index (χ3v) is 6.97. The number of rotatable bonds is 8. The van der Waals surface area contributed by atoms with Crippen molar-refractivity contribution < 1.29 is 14.4 Å². The lowest BCUT2D eigenvalue weighted by Gasteiger charge is -2.19. The molecule has 3 N–H and O–H groups in total. The molecule has 0 aliphatic rings. The Bertz CT molecular complexity index is 1370. The maximum atomic E-state index is 13.1. The lowest BCUT2D eigenvalue weighted by molar-refractivity contribution is -0.128. The Morgan fingerprint density at radius 2 is 1.94 bits per heavy atom. The van der Waals surface area contributed by atoms with Crippen LogP contribution >= 0.6 is 11.3 Å². The predicted octanol–water partition coefficient (Wildman–Crippen LogP) is 4.27. The predicted molar refractivity (Wildman–Crippen MR) is 139 cm³/mol. The molecule has 0 fully saturated rings. The summed E-state index contributed by atoms with van der Waals surface area (Å²) >= 11 is 1.37. The van der Waals surface area contributed by atoms with Crippen LogP contribution in [0.25, 0.3) is 21.3 Å². The van der Waals surface area contributed by atoms with Gasteiger partial charge in [-0.2, -0.15) is 5.10 Å². The van der Waals surface area contributed by atoms with Crippen molar-refractivity contribution in [3.63, 3.8) is 0 Å². The first-order valence-corrected chi connectivity index (χ1v) is 12.1. The summed E-state index contributed by atoms with van der Waals surface area (Å²) in [5, 5.41) is 10.6. The monoisotopic (exact) mass is 492 g/mol. The molecular weight excluding hydrogens is 464 g/mol. The Kier molecular flexibility index (Phi) is 7.02. The van der Waals surface area contributed by atoms with Gasteiger partial charge in [0.15, 0.2) is 0 Å². The highest BCUT2D eigenvalue weighted by atomic mass is 32.1. The molecule has 0 bridgehead atoms. The summed E-state index contributed by atoms with van der Waals surface area (Å²) in [6.07, 6.45) is 4.26. The van der Waals surface area contributed by atoms with E-state index in [1.165, 1.54) is 18.3 Å². The number of benzene rings is 1. The van der Waals surface area contributed by atoms with E-state index < -0.39 is 0 Å². The third-order valence-electron chi connectivity index (χ3n) is 5.84. The molecule has 4 aromatic rings. The maximum Gasteiger partial charge on any atom is 0.266 e.